The standard InChI is InChI=1S/C23H42N2O2/c1-19(2)9-10-20(21-8-7-14-26-21)11-13-24-17-23(18-25(5)6)12-15-27-22(3,4)16-23/h7-8,14,19-20,24H,9-13,15-18H2,1-6H3. The third-order valence-electron chi connectivity index (χ3n) is 5.79. The average molecular weight is 379 g/mol. The number of ether oxygens (including phenoxy) is 1. The quantitative estimate of drug-likeness (QED) is 0.555. The number of hydrogen-bond acceptors (Lipinski definition) is 4. The number of nitrogens with one attached hydrogen (secondary N) is 1. The van der Waals surface area contributed by atoms with Gasteiger partial charge in [-0.2, -0.15) is 0 Å². The van der Waals surface area contributed by atoms with Crippen molar-refractivity contribution in [1.29, 1.82) is 0 Å². The number of furan rings is 1. The maximum absolute atomic E-state index is 5.99. The fraction of sp³-hybridized carbons (Fsp3) is 0.826. The lowest BCUT2D eigenvalue weighted by molar-refractivity contribution is -0.109. The maximum atomic E-state index is 5.99. The minimum atomic E-state index is -0.0239. The normalized spacial score (nSPS) is 23.9. The van der Waals surface area contributed by atoms with E-state index in [4.69, 9.17) is 9.15 Å². The molecule has 1 fully saturated rings. The predicted molar refractivity (Wildman–Crippen MR) is 113 cm³/mol. The van der Waals surface area contributed by atoms with E-state index < -0.39 is 0 Å². The minimum Gasteiger partial charge on any atom is -0.469 e. The summed E-state index contributed by atoms with van der Waals surface area (Å²) < 4.78 is 11.7. The van der Waals surface area contributed by atoms with Gasteiger partial charge in [-0.15, -0.1) is 0 Å². The van der Waals surface area contributed by atoms with Gasteiger partial charge in [-0.25, -0.2) is 0 Å². The van der Waals surface area contributed by atoms with Crippen molar-refractivity contribution < 1.29 is 9.15 Å². The van der Waals surface area contributed by atoms with Crippen molar-refractivity contribution in [3.05, 3.63) is 24.2 Å². The van der Waals surface area contributed by atoms with Crippen LogP contribution in [0.5, 0.6) is 0 Å². The molecule has 0 aromatic carbocycles. The van der Waals surface area contributed by atoms with E-state index in [1.54, 1.807) is 6.26 Å². The van der Waals surface area contributed by atoms with Crippen molar-refractivity contribution in [2.24, 2.45) is 11.3 Å². The monoisotopic (exact) mass is 378 g/mol. The van der Waals surface area contributed by atoms with Gasteiger partial charge in [0.25, 0.3) is 0 Å². The Hall–Kier alpha value is -0.840. The minimum absolute atomic E-state index is 0.0239. The first kappa shape index (κ1) is 22.4. The molecule has 156 valence electrons. The molecule has 0 saturated carbocycles. The Morgan fingerprint density at radius 2 is 1.96 bits per heavy atom. The van der Waals surface area contributed by atoms with Gasteiger partial charge in [0, 0.05) is 31.0 Å². The van der Waals surface area contributed by atoms with Gasteiger partial charge in [-0.3, -0.25) is 0 Å². The van der Waals surface area contributed by atoms with E-state index in [1.165, 1.54) is 12.8 Å². The summed E-state index contributed by atoms with van der Waals surface area (Å²) in [7, 11) is 4.37. The van der Waals surface area contributed by atoms with E-state index in [9.17, 15) is 0 Å². The van der Waals surface area contributed by atoms with Gasteiger partial charge in [0.2, 0.25) is 0 Å². The molecule has 1 N–H and O–H groups in total. The van der Waals surface area contributed by atoms with E-state index >= 15 is 0 Å². The first-order valence-corrected chi connectivity index (χ1v) is 10.7. The average Bonchev–Trinajstić information content (AvgIpc) is 3.06. The van der Waals surface area contributed by atoms with Gasteiger partial charge in [-0.1, -0.05) is 20.3 Å². The Morgan fingerprint density at radius 3 is 2.56 bits per heavy atom. The number of rotatable bonds is 11. The maximum Gasteiger partial charge on any atom is 0.106 e. The van der Waals surface area contributed by atoms with Crippen LogP contribution in [0.4, 0.5) is 0 Å². The number of hydrogen-bond donors (Lipinski definition) is 1. The van der Waals surface area contributed by atoms with Crippen LogP contribution in [0.2, 0.25) is 0 Å². The summed E-state index contributed by atoms with van der Waals surface area (Å²) >= 11 is 0. The van der Waals surface area contributed by atoms with Crippen molar-refractivity contribution in [3.63, 3.8) is 0 Å². The van der Waals surface area contributed by atoms with Gasteiger partial charge in [0.05, 0.1) is 11.9 Å². The molecular formula is C23H42N2O2. The summed E-state index contributed by atoms with van der Waals surface area (Å²) in [5.41, 5.74) is 0.271. The molecule has 0 amide bonds. The fourth-order valence-corrected chi connectivity index (χ4v) is 4.72. The van der Waals surface area contributed by atoms with Crippen molar-refractivity contribution in [3.8, 4) is 0 Å². The SMILES string of the molecule is CC(C)CCC(CCNCC1(CN(C)C)CCOC(C)(C)C1)c1ccco1. The Morgan fingerprint density at radius 1 is 1.19 bits per heavy atom. The van der Waals surface area contributed by atoms with Crippen LogP contribution in [0, 0.1) is 11.3 Å². The van der Waals surface area contributed by atoms with Crippen LogP contribution >= 0.6 is 0 Å². The molecule has 1 aliphatic heterocycles. The lowest BCUT2D eigenvalue weighted by Gasteiger charge is -2.46. The van der Waals surface area contributed by atoms with Crippen molar-refractivity contribution in [2.75, 3.05) is 40.3 Å². The molecule has 1 aliphatic rings. The zero-order valence-electron chi connectivity index (χ0n) is 18.5. The van der Waals surface area contributed by atoms with Crippen LogP contribution in [0.15, 0.2) is 22.8 Å². The smallest absolute Gasteiger partial charge is 0.106 e. The summed E-state index contributed by atoms with van der Waals surface area (Å²) in [6.07, 6.45) is 7.65. The van der Waals surface area contributed by atoms with Crippen LogP contribution in [-0.4, -0.2) is 50.8 Å². The molecule has 1 saturated heterocycles. The van der Waals surface area contributed by atoms with Crippen LogP contribution < -0.4 is 5.32 Å². The predicted octanol–water partition coefficient (Wildman–Crippen LogP) is 4.92. The Labute approximate surface area is 167 Å². The zero-order chi connectivity index (χ0) is 19.9. The summed E-state index contributed by atoms with van der Waals surface area (Å²) in [6, 6.07) is 4.15. The van der Waals surface area contributed by atoms with Gasteiger partial charge in [0.15, 0.2) is 0 Å². The third kappa shape index (κ3) is 7.59. The second-order valence-corrected chi connectivity index (χ2v) is 9.92. The molecule has 4 nitrogen and oxygen atoms in total. The van der Waals surface area contributed by atoms with Crippen LogP contribution in [0.1, 0.15) is 71.5 Å². The summed E-state index contributed by atoms with van der Waals surface area (Å²) in [4.78, 5) is 2.33. The Balaban J connectivity index is 1.89. The van der Waals surface area contributed by atoms with E-state index in [0.29, 0.717) is 11.3 Å². The summed E-state index contributed by atoms with van der Waals surface area (Å²) in [5, 5.41) is 3.80. The highest BCUT2D eigenvalue weighted by Gasteiger charge is 2.40. The molecule has 4 heteroatoms. The molecule has 2 heterocycles. The molecule has 0 radical (unpaired) electrons. The highest BCUT2D eigenvalue weighted by molar-refractivity contribution is 5.05. The molecule has 2 rings (SSSR count). The second kappa shape index (κ2) is 10.1. The third-order valence-corrected chi connectivity index (χ3v) is 5.79. The summed E-state index contributed by atoms with van der Waals surface area (Å²) in [6.45, 7) is 13.1. The van der Waals surface area contributed by atoms with Crippen LogP contribution in [0.25, 0.3) is 0 Å². The van der Waals surface area contributed by atoms with Crippen molar-refractivity contribution >= 4 is 0 Å². The fourth-order valence-electron chi connectivity index (χ4n) is 4.72. The lowest BCUT2D eigenvalue weighted by atomic mass is 9.73. The van der Waals surface area contributed by atoms with E-state index in [0.717, 1.165) is 57.2 Å². The van der Waals surface area contributed by atoms with Crippen molar-refractivity contribution in [1.82, 2.24) is 10.2 Å². The molecular weight excluding hydrogens is 336 g/mol. The lowest BCUT2D eigenvalue weighted by Crippen LogP contribution is -2.51. The number of nitrogens with zero attached hydrogens (tertiary/aromatic N) is 1. The zero-order valence-corrected chi connectivity index (χ0v) is 18.5. The highest BCUT2D eigenvalue weighted by atomic mass is 16.5. The van der Waals surface area contributed by atoms with Crippen molar-refractivity contribution in [2.45, 2.75) is 71.3 Å². The molecule has 27 heavy (non-hydrogen) atoms. The first-order chi connectivity index (χ1) is 12.7. The molecule has 2 unspecified atom stereocenters. The van der Waals surface area contributed by atoms with E-state index in [-0.39, 0.29) is 5.60 Å². The molecule has 2 atom stereocenters. The van der Waals surface area contributed by atoms with Gasteiger partial charge in [0.1, 0.15) is 5.76 Å². The topological polar surface area (TPSA) is 37.6 Å². The molecule has 0 aliphatic carbocycles. The first-order valence-electron chi connectivity index (χ1n) is 10.7. The molecule has 0 spiro atoms. The van der Waals surface area contributed by atoms with E-state index in [2.05, 4.69) is 58.1 Å². The van der Waals surface area contributed by atoms with Gasteiger partial charge < -0.3 is 19.4 Å². The van der Waals surface area contributed by atoms with E-state index in [1.807, 2.05) is 6.07 Å². The largest absolute Gasteiger partial charge is 0.469 e. The highest BCUT2D eigenvalue weighted by Crippen LogP contribution is 2.39. The van der Waals surface area contributed by atoms with Gasteiger partial charge in [-0.05, 0) is 78.2 Å². The van der Waals surface area contributed by atoms with Crippen LogP contribution in [-0.2, 0) is 4.74 Å². The van der Waals surface area contributed by atoms with Gasteiger partial charge >= 0.3 is 0 Å². The Kier molecular flexibility index (Phi) is 8.39. The second-order valence-electron chi connectivity index (χ2n) is 9.92. The molecule has 1 aromatic heterocycles. The molecule has 1 aromatic rings. The Bertz CT molecular complexity index is 524. The van der Waals surface area contributed by atoms with Crippen LogP contribution in [0.3, 0.4) is 0 Å². The molecule has 0 bridgehead atoms. The summed E-state index contributed by atoms with van der Waals surface area (Å²) in [5.74, 6) is 2.40.